The number of alkyl halides is 7. The van der Waals surface area contributed by atoms with Crippen LogP contribution in [0.3, 0.4) is 0 Å². The minimum Gasteiger partial charge on any atom is -0.490 e. The second-order valence-corrected chi connectivity index (χ2v) is 5.00. The minimum atomic E-state index is -6.43. The monoisotopic (exact) mass is 390 g/mol. The first-order valence-electron chi connectivity index (χ1n) is 7.48. The van der Waals surface area contributed by atoms with Crippen molar-refractivity contribution in [2.45, 2.75) is 38.4 Å². The lowest BCUT2D eigenvalue weighted by molar-refractivity contribution is -0.361. The number of halogens is 7. The molecule has 0 saturated heterocycles. The lowest BCUT2D eigenvalue weighted by Crippen LogP contribution is -2.58. The van der Waals surface area contributed by atoms with Gasteiger partial charge in [0.15, 0.2) is 11.5 Å². The molecule has 11 heteroatoms. The van der Waals surface area contributed by atoms with E-state index in [0.717, 1.165) is 6.42 Å². The highest BCUT2D eigenvalue weighted by Gasteiger charge is 2.73. The largest absolute Gasteiger partial charge is 0.490 e. The first kappa shape index (κ1) is 21.8. The van der Waals surface area contributed by atoms with Crippen LogP contribution in [0, 0.1) is 0 Å². The molecule has 0 aliphatic carbocycles. The Balaban J connectivity index is 2.92. The van der Waals surface area contributed by atoms with Gasteiger partial charge < -0.3 is 9.47 Å². The normalized spacial score (nSPS) is 13.1. The van der Waals surface area contributed by atoms with Crippen molar-refractivity contribution < 1.29 is 40.2 Å². The minimum absolute atomic E-state index is 0.121. The predicted molar refractivity (Wildman–Crippen MR) is 80.1 cm³/mol. The molecule has 1 rings (SSSR count). The fraction of sp³-hybridized carbons (Fsp3) is 0.533. The summed E-state index contributed by atoms with van der Waals surface area (Å²) in [6.45, 7) is 4.22. The van der Waals surface area contributed by atoms with Gasteiger partial charge >= 0.3 is 18.1 Å². The van der Waals surface area contributed by atoms with Gasteiger partial charge in [-0.2, -0.15) is 35.8 Å². The number of ether oxygens (including phenoxy) is 2. The molecule has 0 aliphatic heterocycles. The van der Waals surface area contributed by atoms with E-state index in [4.69, 9.17) is 9.47 Å². The van der Waals surface area contributed by atoms with Crippen LogP contribution in [0.4, 0.5) is 30.7 Å². The molecule has 0 radical (unpaired) electrons. The summed E-state index contributed by atoms with van der Waals surface area (Å²) in [5.74, 6) is -5.67. The summed E-state index contributed by atoms with van der Waals surface area (Å²) in [5.41, 5.74) is 0.670. The molecule has 26 heavy (non-hydrogen) atoms. The second-order valence-electron chi connectivity index (χ2n) is 5.00. The average Bonchev–Trinajstić information content (AvgIpc) is 2.53. The van der Waals surface area contributed by atoms with Gasteiger partial charge in [0.1, 0.15) is 0 Å². The number of rotatable bonds is 9. The summed E-state index contributed by atoms with van der Waals surface area (Å²) in [4.78, 5) is 0. The van der Waals surface area contributed by atoms with E-state index in [2.05, 4.69) is 5.10 Å². The van der Waals surface area contributed by atoms with Crippen LogP contribution in [-0.4, -0.2) is 37.6 Å². The molecule has 0 saturated carbocycles. The highest BCUT2D eigenvalue weighted by atomic mass is 19.4. The van der Waals surface area contributed by atoms with Gasteiger partial charge in [0.2, 0.25) is 0 Å². The highest BCUT2D eigenvalue weighted by molar-refractivity contribution is 5.80. The summed E-state index contributed by atoms with van der Waals surface area (Å²) in [6.07, 6.45) is -5.05. The third kappa shape index (κ3) is 5.15. The Bertz CT molecular complexity index is 619. The Morgan fingerprint density at radius 2 is 1.65 bits per heavy atom. The first-order valence-corrected chi connectivity index (χ1v) is 7.48. The van der Waals surface area contributed by atoms with Crippen molar-refractivity contribution in [1.29, 1.82) is 0 Å². The van der Waals surface area contributed by atoms with Crippen molar-refractivity contribution in [3.05, 3.63) is 23.8 Å². The smallest absolute Gasteiger partial charge is 0.462 e. The van der Waals surface area contributed by atoms with Gasteiger partial charge in [0, 0.05) is 0 Å². The first-order chi connectivity index (χ1) is 12.0. The van der Waals surface area contributed by atoms with Gasteiger partial charge in [0.25, 0.3) is 0 Å². The zero-order valence-corrected chi connectivity index (χ0v) is 13.8. The summed E-state index contributed by atoms with van der Waals surface area (Å²) in [5, 5.41) is 2.78. The standard InChI is InChI=1S/C15H17F7N2O2/c1-3-7-26-11-6-5-10(8-12(11)25-4-2)9-23-24-15(21,22)13(16,17)14(18,19)20/h5-6,8-9,24H,3-4,7H2,1-2H3/b23-9+. The number of hydrogen-bond acceptors (Lipinski definition) is 4. The molecule has 0 spiro atoms. The molecular weight excluding hydrogens is 373 g/mol. The van der Waals surface area contributed by atoms with E-state index in [1.807, 2.05) is 6.92 Å². The van der Waals surface area contributed by atoms with Crippen LogP contribution in [0.15, 0.2) is 23.3 Å². The van der Waals surface area contributed by atoms with Crippen LogP contribution in [0.5, 0.6) is 11.5 Å². The lowest BCUT2D eigenvalue weighted by atomic mass is 10.2. The van der Waals surface area contributed by atoms with E-state index in [1.165, 1.54) is 18.2 Å². The summed E-state index contributed by atoms with van der Waals surface area (Å²) in [6, 6.07) is -1.52. The maximum atomic E-state index is 13.1. The Kier molecular flexibility index (Phi) is 7.10. The van der Waals surface area contributed by atoms with Gasteiger partial charge in [-0.25, -0.2) is 5.43 Å². The number of nitrogens with one attached hydrogen (secondary N) is 1. The van der Waals surface area contributed by atoms with E-state index in [0.29, 0.717) is 24.0 Å². The molecule has 1 aromatic rings. The van der Waals surface area contributed by atoms with E-state index in [-0.39, 0.29) is 17.9 Å². The molecule has 0 aromatic heterocycles. The molecule has 1 N–H and O–H groups in total. The quantitative estimate of drug-likeness (QED) is 0.290. The summed E-state index contributed by atoms with van der Waals surface area (Å²) < 4.78 is 98.3. The third-order valence-corrected chi connectivity index (χ3v) is 2.90. The van der Waals surface area contributed by atoms with Gasteiger partial charge in [-0.1, -0.05) is 6.92 Å². The van der Waals surface area contributed by atoms with Crippen molar-refractivity contribution in [1.82, 2.24) is 5.43 Å². The number of nitrogens with zero attached hydrogens (tertiary/aromatic N) is 1. The Morgan fingerprint density at radius 3 is 2.19 bits per heavy atom. The number of hydrazone groups is 1. The Labute approximate surface area is 145 Å². The van der Waals surface area contributed by atoms with Crippen molar-refractivity contribution in [2.24, 2.45) is 5.10 Å². The molecule has 0 amide bonds. The molecule has 0 atom stereocenters. The van der Waals surface area contributed by atoms with Gasteiger partial charge in [-0.3, -0.25) is 0 Å². The molecule has 0 fully saturated rings. The van der Waals surface area contributed by atoms with Crippen molar-refractivity contribution in [3.8, 4) is 11.5 Å². The van der Waals surface area contributed by atoms with Crippen LogP contribution in [-0.2, 0) is 0 Å². The Morgan fingerprint density at radius 1 is 1.00 bits per heavy atom. The van der Waals surface area contributed by atoms with Crippen LogP contribution in [0.1, 0.15) is 25.8 Å². The lowest BCUT2D eigenvalue weighted by Gasteiger charge is -2.27. The van der Waals surface area contributed by atoms with Crippen LogP contribution in [0.25, 0.3) is 0 Å². The summed E-state index contributed by atoms with van der Waals surface area (Å²) in [7, 11) is 0. The van der Waals surface area contributed by atoms with Gasteiger partial charge in [-0.15, -0.1) is 0 Å². The molecule has 0 heterocycles. The van der Waals surface area contributed by atoms with Crippen LogP contribution >= 0.6 is 0 Å². The molecule has 0 unspecified atom stereocenters. The summed E-state index contributed by atoms with van der Waals surface area (Å²) >= 11 is 0. The maximum absolute atomic E-state index is 13.1. The van der Waals surface area contributed by atoms with Crippen molar-refractivity contribution in [3.63, 3.8) is 0 Å². The molecular formula is C15H17F7N2O2. The fourth-order valence-corrected chi connectivity index (χ4v) is 1.64. The van der Waals surface area contributed by atoms with Crippen molar-refractivity contribution in [2.75, 3.05) is 13.2 Å². The SMILES string of the molecule is CCCOc1ccc(/C=N/NC(F)(F)C(F)(F)C(F)(F)F)cc1OCC. The molecule has 0 bridgehead atoms. The third-order valence-electron chi connectivity index (χ3n) is 2.90. The van der Waals surface area contributed by atoms with Gasteiger partial charge in [0.05, 0.1) is 19.4 Å². The number of hydrogen-bond donors (Lipinski definition) is 1. The fourth-order valence-electron chi connectivity index (χ4n) is 1.64. The highest BCUT2D eigenvalue weighted by Crippen LogP contribution is 2.45. The van der Waals surface area contributed by atoms with Crippen LogP contribution < -0.4 is 14.9 Å². The molecule has 4 nitrogen and oxygen atoms in total. The maximum Gasteiger partial charge on any atom is 0.462 e. The zero-order valence-electron chi connectivity index (χ0n) is 13.8. The second kappa shape index (κ2) is 8.45. The average molecular weight is 390 g/mol. The topological polar surface area (TPSA) is 42.8 Å². The van der Waals surface area contributed by atoms with Crippen LogP contribution in [0.2, 0.25) is 0 Å². The number of benzene rings is 1. The van der Waals surface area contributed by atoms with E-state index in [1.54, 1.807) is 6.92 Å². The van der Waals surface area contributed by atoms with Gasteiger partial charge in [-0.05, 0) is 37.1 Å². The Hall–Kier alpha value is -2.20. The zero-order chi connectivity index (χ0) is 20.0. The van der Waals surface area contributed by atoms with E-state index >= 15 is 0 Å². The molecule has 1 aromatic carbocycles. The van der Waals surface area contributed by atoms with E-state index < -0.39 is 18.1 Å². The molecule has 0 aliphatic rings. The predicted octanol–water partition coefficient (Wildman–Crippen LogP) is 4.59. The van der Waals surface area contributed by atoms with E-state index in [9.17, 15) is 30.7 Å². The molecule has 148 valence electrons. The van der Waals surface area contributed by atoms with Crippen molar-refractivity contribution >= 4 is 6.21 Å².